The van der Waals surface area contributed by atoms with Gasteiger partial charge in [0.15, 0.2) is 0 Å². The average Bonchev–Trinajstić information content (AvgIpc) is 2.93. The van der Waals surface area contributed by atoms with E-state index in [4.69, 9.17) is 0 Å². The summed E-state index contributed by atoms with van der Waals surface area (Å²) in [4.78, 5) is 1.70. The Morgan fingerprint density at radius 3 is 2.53 bits per heavy atom. The van der Waals surface area contributed by atoms with Crippen LogP contribution in [0.15, 0.2) is 21.7 Å². The van der Waals surface area contributed by atoms with Gasteiger partial charge in [0, 0.05) is 11.4 Å². The SMILES string of the molecule is Cc1ccsc1CNS(=O)(=O)c1c(C)csc1CO. The van der Waals surface area contributed by atoms with Crippen LogP contribution in [0.25, 0.3) is 0 Å². The molecule has 0 radical (unpaired) electrons. The van der Waals surface area contributed by atoms with E-state index in [1.165, 1.54) is 22.7 Å². The van der Waals surface area contributed by atoms with E-state index in [1.54, 1.807) is 12.3 Å². The lowest BCUT2D eigenvalue weighted by atomic mass is 10.3. The molecule has 104 valence electrons. The molecule has 19 heavy (non-hydrogen) atoms. The molecule has 4 nitrogen and oxygen atoms in total. The molecule has 0 spiro atoms. The minimum Gasteiger partial charge on any atom is -0.391 e. The van der Waals surface area contributed by atoms with Crippen molar-refractivity contribution in [2.45, 2.75) is 31.9 Å². The molecule has 0 unspecified atom stereocenters. The Morgan fingerprint density at radius 1 is 1.21 bits per heavy atom. The molecule has 2 N–H and O–H groups in total. The lowest BCUT2D eigenvalue weighted by molar-refractivity contribution is 0.282. The van der Waals surface area contributed by atoms with Crippen LogP contribution in [0.5, 0.6) is 0 Å². The molecule has 2 heterocycles. The molecule has 2 aromatic heterocycles. The van der Waals surface area contributed by atoms with Crippen molar-refractivity contribution in [3.63, 3.8) is 0 Å². The third-order valence-corrected chi connectivity index (χ3v) is 6.66. The predicted octanol–water partition coefficient (Wildman–Crippen LogP) is 2.40. The maximum absolute atomic E-state index is 12.3. The summed E-state index contributed by atoms with van der Waals surface area (Å²) >= 11 is 2.79. The summed E-state index contributed by atoms with van der Waals surface area (Å²) < 4.78 is 27.2. The van der Waals surface area contributed by atoms with Gasteiger partial charge in [-0.15, -0.1) is 22.7 Å². The van der Waals surface area contributed by atoms with Crippen molar-refractivity contribution >= 4 is 32.7 Å². The minimum absolute atomic E-state index is 0.217. The van der Waals surface area contributed by atoms with Crippen LogP contribution in [0, 0.1) is 13.8 Å². The normalized spacial score (nSPS) is 11.9. The summed E-state index contributed by atoms with van der Waals surface area (Å²) in [7, 11) is -3.58. The van der Waals surface area contributed by atoms with Crippen molar-refractivity contribution in [3.8, 4) is 0 Å². The van der Waals surface area contributed by atoms with Crippen LogP contribution in [-0.2, 0) is 23.2 Å². The van der Waals surface area contributed by atoms with Gasteiger partial charge in [-0.1, -0.05) is 0 Å². The Labute approximate surface area is 120 Å². The molecule has 0 fully saturated rings. The fraction of sp³-hybridized carbons (Fsp3) is 0.333. The van der Waals surface area contributed by atoms with E-state index in [0.717, 1.165) is 10.4 Å². The zero-order valence-electron chi connectivity index (χ0n) is 10.6. The molecule has 0 bridgehead atoms. The van der Waals surface area contributed by atoms with Gasteiger partial charge in [0.2, 0.25) is 10.0 Å². The number of aliphatic hydroxyl groups is 1. The van der Waals surface area contributed by atoms with Crippen LogP contribution in [-0.4, -0.2) is 13.5 Å². The summed E-state index contributed by atoms with van der Waals surface area (Å²) in [5, 5.41) is 12.9. The third-order valence-electron chi connectivity index (χ3n) is 2.79. The largest absolute Gasteiger partial charge is 0.391 e. The monoisotopic (exact) mass is 317 g/mol. The van der Waals surface area contributed by atoms with Crippen LogP contribution in [0.3, 0.4) is 0 Å². The van der Waals surface area contributed by atoms with Gasteiger partial charge >= 0.3 is 0 Å². The molecule has 0 aromatic carbocycles. The second-order valence-electron chi connectivity index (χ2n) is 4.18. The van der Waals surface area contributed by atoms with Gasteiger partial charge in [-0.3, -0.25) is 0 Å². The summed E-state index contributed by atoms with van der Waals surface area (Å²) in [5.41, 5.74) is 1.75. The van der Waals surface area contributed by atoms with E-state index in [9.17, 15) is 13.5 Å². The molecule has 0 saturated carbocycles. The van der Waals surface area contributed by atoms with Crippen molar-refractivity contribution in [2.24, 2.45) is 0 Å². The molecule has 0 amide bonds. The second-order valence-corrected chi connectivity index (χ2v) is 7.85. The number of sulfonamides is 1. The van der Waals surface area contributed by atoms with Crippen LogP contribution < -0.4 is 4.72 Å². The highest BCUT2D eigenvalue weighted by molar-refractivity contribution is 7.89. The molecular weight excluding hydrogens is 302 g/mol. The highest BCUT2D eigenvalue weighted by Crippen LogP contribution is 2.27. The first kappa shape index (κ1) is 14.7. The van der Waals surface area contributed by atoms with Gasteiger partial charge in [0.25, 0.3) is 0 Å². The van der Waals surface area contributed by atoms with E-state index >= 15 is 0 Å². The van der Waals surface area contributed by atoms with Crippen molar-refractivity contribution < 1.29 is 13.5 Å². The Morgan fingerprint density at radius 2 is 1.95 bits per heavy atom. The van der Waals surface area contributed by atoms with Gasteiger partial charge in [0.05, 0.1) is 11.5 Å². The topological polar surface area (TPSA) is 66.4 Å². The Bertz CT molecular complexity index is 670. The van der Waals surface area contributed by atoms with Crippen LogP contribution in [0.2, 0.25) is 0 Å². The van der Waals surface area contributed by atoms with Crippen molar-refractivity contribution in [1.29, 1.82) is 0 Å². The number of thiophene rings is 2. The van der Waals surface area contributed by atoms with Crippen molar-refractivity contribution in [1.82, 2.24) is 4.72 Å². The van der Waals surface area contributed by atoms with E-state index in [1.807, 2.05) is 18.4 Å². The molecule has 7 heteroatoms. The number of nitrogens with one attached hydrogen (secondary N) is 1. The number of aryl methyl sites for hydroxylation is 2. The van der Waals surface area contributed by atoms with Gasteiger partial charge in [-0.2, -0.15) is 0 Å². The van der Waals surface area contributed by atoms with E-state index < -0.39 is 10.0 Å². The highest BCUT2D eigenvalue weighted by Gasteiger charge is 2.22. The van der Waals surface area contributed by atoms with Gasteiger partial charge in [-0.05, 0) is 41.8 Å². The first-order valence-corrected chi connectivity index (χ1v) is 8.90. The Kier molecular flexibility index (Phi) is 4.42. The standard InChI is InChI=1S/C12H15NO3S3/c1-8-3-4-17-10(8)5-13-19(15,16)12-9(2)7-18-11(12)6-14/h3-4,7,13-14H,5-6H2,1-2H3. The summed E-state index contributed by atoms with van der Waals surface area (Å²) in [6, 6.07) is 1.96. The van der Waals surface area contributed by atoms with Crippen LogP contribution in [0.1, 0.15) is 20.9 Å². The first-order chi connectivity index (χ1) is 8.95. The number of hydrogen-bond acceptors (Lipinski definition) is 5. The lowest BCUT2D eigenvalue weighted by Crippen LogP contribution is -2.24. The molecular formula is C12H15NO3S3. The van der Waals surface area contributed by atoms with E-state index in [2.05, 4.69) is 4.72 Å². The quantitative estimate of drug-likeness (QED) is 0.890. The van der Waals surface area contributed by atoms with E-state index in [-0.39, 0.29) is 18.0 Å². The van der Waals surface area contributed by atoms with Crippen LogP contribution >= 0.6 is 22.7 Å². The van der Waals surface area contributed by atoms with Crippen molar-refractivity contribution in [2.75, 3.05) is 0 Å². The number of hydrogen-bond donors (Lipinski definition) is 2. The average molecular weight is 317 g/mol. The fourth-order valence-electron chi connectivity index (χ4n) is 1.78. The maximum atomic E-state index is 12.3. The number of rotatable bonds is 5. The smallest absolute Gasteiger partial charge is 0.242 e. The molecule has 2 rings (SSSR count). The van der Waals surface area contributed by atoms with E-state index in [0.29, 0.717) is 10.4 Å². The zero-order valence-corrected chi connectivity index (χ0v) is 13.1. The molecule has 2 aromatic rings. The molecule has 0 aliphatic carbocycles. The minimum atomic E-state index is -3.58. The second kappa shape index (κ2) is 5.72. The summed E-state index contributed by atoms with van der Waals surface area (Å²) in [6.45, 7) is 3.72. The van der Waals surface area contributed by atoms with Gasteiger partial charge in [0.1, 0.15) is 4.90 Å². The lowest BCUT2D eigenvalue weighted by Gasteiger charge is -2.08. The summed E-state index contributed by atoms with van der Waals surface area (Å²) in [5.74, 6) is 0. The maximum Gasteiger partial charge on any atom is 0.242 e. The van der Waals surface area contributed by atoms with Crippen molar-refractivity contribution in [3.05, 3.63) is 37.7 Å². The zero-order chi connectivity index (χ0) is 14.0. The highest BCUT2D eigenvalue weighted by atomic mass is 32.2. The Hall–Kier alpha value is -0.730. The number of aliphatic hydroxyl groups excluding tert-OH is 1. The predicted molar refractivity (Wildman–Crippen MR) is 78.1 cm³/mol. The van der Waals surface area contributed by atoms with Gasteiger partial charge in [-0.25, -0.2) is 13.1 Å². The molecule has 0 aliphatic rings. The third kappa shape index (κ3) is 3.06. The van der Waals surface area contributed by atoms with Gasteiger partial charge < -0.3 is 5.11 Å². The molecule has 0 saturated heterocycles. The fourth-order valence-corrected chi connectivity index (χ4v) is 5.37. The first-order valence-electron chi connectivity index (χ1n) is 5.66. The van der Waals surface area contributed by atoms with Crippen LogP contribution in [0.4, 0.5) is 0 Å². The summed E-state index contributed by atoms with van der Waals surface area (Å²) in [6.07, 6.45) is 0. The Balaban J connectivity index is 2.23. The molecule has 0 atom stereocenters. The molecule has 0 aliphatic heterocycles.